The van der Waals surface area contributed by atoms with E-state index in [9.17, 15) is 14.7 Å². The minimum atomic E-state index is -0.988. The van der Waals surface area contributed by atoms with Gasteiger partial charge in [0.1, 0.15) is 0 Å². The van der Waals surface area contributed by atoms with Crippen molar-refractivity contribution >= 4 is 11.9 Å². The molecule has 1 aliphatic rings. The lowest BCUT2D eigenvalue weighted by molar-refractivity contribution is -0.152. The van der Waals surface area contributed by atoms with E-state index in [-0.39, 0.29) is 11.9 Å². The van der Waals surface area contributed by atoms with Crippen LogP contribution in [-0.2, 0) is 19.1 Å². The Kier molecular flexibility index (Phi) is 7.33. The first-order chi connectivity index (χ1) is 12.1. The summed E-state index contributed by atoms with van der Waals surface area (Å²) in [5, 5.41) is 10.6. The fourth-order valence-corrected chi connectivity index (χ4v) is 3.20. The molecule has 0 saturated carbocycles. The van der Waals surface area contributed by atoms with E-state index < -0.39 is 18.0 Å². The molecule has 1 aromatic rings. The number of hydrogen-bond donors (Lipinski definition) is 1. The first-order valence-corrected chi connectivity index (χ1v) is 8.61. The van der Waals surface area contributed by atoms with Crippen molar-refractivity contribution in [2.24, 2.45) is 11.8 Å². The highest BCUT2D eigenvalue weighted by atomic mass is 16.5. The summed E-state index contributed by atoms with van der Waals surface area (Å²) in [5.41, 5.74) is 0.615. The largest absolute Gasteiger partial charge is 0.469 e. The minimum absolute atomic E-state index is 0.190. The Morgan fingerprint density at radius 3 is 2.76 bits per heavy atom. The van der Waals surface area contributed by atoms with Gasteiger partial charge >= 0.3 is 11.9 Å². The molecule has 0 spiro atoms. The second kappa shape index (κ2) is 9.48. The number of ether oxygens (including phenoxy) is 2. The molecular formula is C18H26N2O5. The predicted octanol–water partition coefficient (Wildman–Crippen LogP) is 1.18. The molecule has 0 aliphatic carbocycles. The van der Waals surface area contributed by atoms with Gasteiger partial charge in [0.15, 0.2) is 0 Å². The smallest absolute Gasteiger partial charge is 0.312 e. The van der Waals surface area contributed by atoms with Crippen molar-refractivity contribution in [2.45, 2.75) is 25.9 Å². The highest BCUT2D eigenvalue weighted by Crippen LogP contribution is 2.26. The van der Waals surface area contributed by atoms with Gasteiger partial charge in [0.25, 0.3) is 0 Å². The van der Waals surface area contributed by atoms with Crippen LogP contribution in [0.2, 0.25) is 0 Å². The summed E-state index contributed by atoms with van der Waals surface area (Å²) >= 11 is 0. The number of carbonyl (C=O) groups is 2. The van der Waals surface area contributed by atoms with Crippen LogP contribution in [0.15, 0.2) is 24.5 Å². The lowest BCUT2D eigenvalue weighted by Gasteiger charge is -2.34. The van der Waals surface area contributed by atoms with E-state index in [4.69, 9.17) is 9.47 Å². The van der Waals surface area contributed by atoms with Gasteiger partial charge in [0.2, 0.25) is 0 Å². The van der Waals surface area contributed by atoms with Gasteiger partial charge in [-0.1, -0.05) is 0 Å². The van der Waals surface area contributed by atoms with E-state index in [1.165, 1.54) is 7.11 Å². The molecule has 3 atom stereocenters. The number of rotatable bonds is 7. The standard InChI is InChI=1S/C18H26N2O5/c1-3-25-17(22)14-5-4-10-20(11-14)12-15(18(23)24-2)16(21)13-6-8-19-9-7-13/h6-9,14-16,21H,3-5,10-12H2,1-2H3/t14-,15-,16+/m1/s1. The van der Waals surface area contributed by atoms with E-state index in [1.54, 1.807) is 31.5 Å². The zero-order valence-electron chi connectivity index (χ0n) is 14.8. The van der Waals surface area contributed by atoms with Gasteiger partial charge in [-0.3, -0.25) is 14.6 Å². The molecule has 0 aromatic carbocycles. The Morgan fingerprint density at radius 1 is 1.40 bits per heavy atom. The maximum Gasteiger partial charge on any atom is 0.312 e. The van der Waals surface area contributed by atoms with Gasteiger partial charge in [-0.25, -0.2) is 0 Å². The summed E-state index contributed by atoms with van der Waals surface area (Å²) < 4.78 is 9.98. The van der Waals surface area contributed by atoms with Crippen molar-refractivity contribution in [3.8, 4) is 0 Å². The Bertz CT molecular complexity index is 566. The normalized spacial score (nSPS) is 20.5. The molecule has 1 aromatic heterocycles. The van der Waals surface area contributed by atoms with Crippen molar-refractivity contribution in [3.63, 3.8) is 0 Å². The van der Waals surface area contributed by atoms with Gasteiger partial charge in [-0.05, 0) is 44.0 Å². The SMILES string of the molecule is CCOC(=O)[C@@H]1CCCN(C[C@@H](C(=O)OC)[C@@H](O)c2ccncc2)C1. The van der Waals surface area contributed by atoms with Crippen LogP contribution in [0.3, 0.4) is 0 Å². The number of piperidine rings is 1. The molecule has 1 N–H and O–H groups in total. The summed E-state index contributed by atoms with van der Waals surface area (Å²) in [6, 6.07) is 3.36. The molecule has 7 heteroatoms. The number of methoxy groups -OCH3 is 1. The molecule has 1 saturated heterocycles. The first-order valence-electron chi connectivity index (χ1n) is 8.61. The summed E-state index contributed by atoms with van der Waals surface area (Å²) in [6.45, 7) is 3.77. The van der Waals surface area contributed by atoms with Gasteiger partial charge < -0.3 is 19.5 Å². The van der Waals surface area contributed by atoms with Crippen molar-refractivity contribution in [1.82, 2.24) is 9.88 Å². The lowest BCUT2D eigenvalue weighted by atomic mass is 9.93. The number of aliphatic hydroxyl groups is 1. The number of aliphatic hydroxyl groups excluding tert-OH is 1. The second-order valence-corrected chi connectivity index (χ2v) is 6.21. The lowest BCUT2D eigenvalue weighted by Crippen LogP contribution is -2.44. The van der Waals surface area contributed by atoms with E-state index >= 15 is 0 Å². The summed E-state index contributed by atoms with van der Waals surface area (Å²) in [7, 11) is 1.31. The number of aromatic nitrogens is 1. The fraction of sp³-hybridized carbons (Fsp3) is 0.611. The number of hydrogen-bond acceptors (Lipinski definition) is 7. The summed E-state index contributed by atoms with van der Waals surface area (Å²) in [4.78, 5) is 30.1. The van der Waals surface area contributed by atoms with Crippen LogP contribution in [0.25, 0.3) is 0 Å². The van der Waals surface area contributed by atoms with E-state index in [0.29, 0.717) is 25.3 Å². The van der Waals surface area contributed by atoms with Crippen LogP contribution in [-0.4, -0.2) is 60.3 Å². The number of likely N-dealkylation sites (tertiary alicyclic amines) is 1. The topological polar surface area (TPSA) is 89.0 Å². The maximum atomic E-state index is 12.2. The molecule has 0 radical (unpaired) electrons. The van der Waals surface area contributed by atoms with Crippen LogP contribution in [0.4, 0.5) is 0 Å². The van der Waals surface area contributed by atoms with Crippen LogP contribution in [0.1, 0.15) is 31.4 Å². The van der Waals surface area contributed by atoms with Gasteiger partial charge in [0, 0.05) is 25.5 Å². The molecule has 2 heterocycles. The zero-order chi connectivity index (χ0) is 18.2. The predicted molar refractivity (Wildman–Crippen MR) is 90.5 cm³/mol. The number of carbonyl (C=O) groups excluding carboxylic acids is 2. The second-order valence-electron chi connectivity index (χ2n) is 6.21. The minimum Gasteiger partial charge on any atom is -0.469 e. The first kappa shape index (κ1) is 19.3. The molecule has 1 fully saturated rings. The third kappa shape index (κ3) is 5.24. The molecule has 138 valence electrons. The highest BCUT2D eigenvalue weighted by Gasteiger charge is 2.34. The molecule has 1 aliphatic heterocycles. The number of esters is 2. The molecule has 2 rings (SSSR count). The Hall–Kier alpha value is -1.99. The van der Waals surface area contributed by atoms with E-state index in [1.807, 2.05) is 4.90 Å². The molecular weight excluding hydrogens is 324 g/mol. The van der Waals surface area contributed by atoms with Crippen LogP contribution >= 0.6 is 0 Å². The third-order valence-corrected chi connectivity index (χ3v) is 4.51. The zero-order valence-corrected chi connectivity index (χ0v) is 14.8. The average molecular weight is 350 g/mol. The van der Waals surface area contributed by atoms with Gasteiger partial charge in [-0.2, -0.15) is 0 Å². The van der Waals surface area contributed by atoms with Crippen molar-refractivity contribution < 1.29 is 24.2 Å². The van der Waals surface area contributed by atoms with E-state index in [2.05, 4.69) is 4.98 Å². The molecule has 25 heavy (non-hydrogen) atoms. The monoisotopic (exact) mass is 350 g/mol. The Labute approximate surface area is 147 Å². The van der Waals surface area contributed by atoms with Gasteiger partial charge in [-0.15, -0.1) is 0 Å². The number of pyridine rings is 1. The van der Waals surface area contributed by atoms with E-state index in [0.717, 1.165) is 19.4 Å². The van der Waals surface area contributed by atoms with Crippen LogP contribution in [0.5, 0.6) is 0 Å². The molecule has 7 nitrogen and oxygen atoms in total. The maximum absolute atomic E-state index is 12.2. The summed E-state index contributed by atoms with van der Waals surface area (Å²) in [5.74, 6) is -1.59. The molecule has 0 amide bonds. The quantitative estimate of drug-likeness (QED) is 0.739. The summed E-state index contributed by atoms with van der Waals surface area (Å²) in [6.07, 6.45) is 3.79. The number of nitrogens with zero attached hydrogens (tertiary/aromatic N) is 2. The third-order valence-electron chi connectivity index (χ3n) is 4.51. The van der Waals surface area contributed by atoms with Gasteiger partial charge in [0.05, 0.1) is 31.7 Å². The molecule has 0 unspecified atom stereocenters. The highest BCUT2D eigenvalue weighted by molar-refractivity contribution is 5.74. The Morgan fingerprint density at radius 2 is 2.12 bits per heavy atom. The van der Waals surface area contributed by atoms with Crippen molar-refractivity contribution in [1.29, 1.82) is 0 Å². The van der Waals surface area contributed by atoms with Crippen LogP contribution in [0, 0.1) is 11.8 Å². The Balaban J connectivity index is 2.06. The fourth-order valence-electron chi connectivity index (χ4n) is 3.20. The average Bonchev–Trinajstić information content (AvgIpc) is 2.66. The molecule has 0 bridgehead atoms. The van der Waals surface area contributed by atoms with Crippen molar-refractivity contribution in [3.05, 3.63) is 30.1 Å². The van der Waals surface area contributed by atoms with Crippen molar-refractivity contribution in [2.75, 3.05) is 33.4 Å². The van der Waals surface area contributed by atoms with Crippen LogP contribution < -0.4 is 0 Å².